The van der Waals surface area contributed by atoms with Crippen LogP contribution in [0, 0.1) is 11.8 Å². The van der Waals surface area contributed by atoms with E-state index in [4.69, 9.17) is 43.0 Å². The number of rotatable bonds is 39. The first-order valence-electron chi connectivity index (χ1n) is 29.1. The van der Waals surface area contributed by atoms with Crippen LogP contribution in [0.5, 0.6) is 11.5 Å². The summed E-state index contributed by atoms with van der Waals surface area (Å²) in [5, 5.41) is 15.0. The van der Waals surface area contributed by atoms with Crippen LogP contribution in [-0.2, 0) is 80.8 Å². The van der Waals surface area contributed by atoms with E-state index in [9.17, 15) is 33.6 Å². The van der Waals surface area contributed by atoms with Gasteiger partial charge in [0.1, 0.15) is 41.9 Å². The fourth-order valence-corrected chi connectivity index (χ4v) is 10.1. The van der Waals surface area contributed by atoms with Crippen molar-refractivity contribution in [2.45, 2.75) is 168 Å². The number of hydrogen-bond acceptors (Lipinski definition) is 15. The summed E-state index contributed by atoms with van der Waals surface area (Å²) in [5.74, 6) is -0.802. The van der Waals surface area contributed by atoms with Crippen LogP contribution in [0.4, 0.5) is 5.69 Å². The Morgan fingerprint density at radius 3 is 1.69 bits per heavy atom. The number of carboxylic acids is 1. The van der Waals surface area contributed by atoms with Gasteiger partial charge in [-0.1, -0.05) is 94.1 Å². The molecule has 5 rings (SSSR count). The summed E-state index contributed by atoms with van der Waals surface area (Å²) in [6.45, 7) is 7.68. The first-order chi connectivity index (χ1) is 40.0. The minimum Gasteiger partial charge on any atom is -0.497 e. The second kappa shape index (κ2) is 35.9. The van der Waals surface area contributed by atoms with Crippen molar-refractivity contribution in [3.05, 3.63) is 125 Å². The van der Waals surface area contributed by atoms with Gasteiger partial charge in [0.2, 0.25) is 11.8 Å². The largest absolute Gasteiger partial charge is 0.497 e. The molecule has 5 atom stereocenters. The van der Waals surface area contributed by atoms with E-state index in [1.807, 2.05) is 105 Å². The third-order valence-electron chi connectivity index (χ3n) is 14.8. The molecule has 0 radical (unpaired) electrons. The standard InChI is InChI=1S/C65H86N2O16/c1-45-46(2)63(66-47(3)68)64(83-59(45)44-80-48(4)69)79-38-37-78-36-18-24-56(71)23-17-16-22-55(70)21-14-9-7-8-10-15-25-60(72)67-54-40-49(42-81-62(75)35-34-61(73)74)39-50(41-54)43-82-65(51-19-12-11-13-20-51,52-26-30-57(76-5)31-27-52)53-28-32-58(77-6)33-29-53/h11-13,19-20,26-33,39-41,45-46,59,63-64H,7-10,14-18,21-25,34-38,42-44H2,1-6H3,(H,66,68)(H,67,72)(H,73,74). The van der Waals surface area contributed by atoms with Crippen LogP contribution in [0.15, 0.2) is 97.1 Å². The van der Waals surface area contributed by atoms with Crippen molar-refractivity contribution in [2.75, 3.05) is 46.0 Å². The quantitative estimate of drug-likeness (QED) is 0.0214. The van der Waals surface area contributed by atoms with E-state index < -0.39 is 29.8 Å². The van der Waals surface area contributed by atoms with Crippen LogP contribution in [0.2, 0.25) is 0 Å². The number of Topliss-reactive ketones (excluding diaryl/α,β-unsaturated/α-hetero) is 2. The fourth-order valence-electron chi connectivity index (χ4n) is 10.1. The number of aliphatic carboxylic acids is 1. The monoisotopic (exact) mass is 1150 g/mol. The first-order valence-corrected chi connectivity index (χ1v) is 29.1. The molecule has 4 aromatic rings. The summed E-state index contributed by atoms with van der Waals surface area (Å²) in [5.41, 5.74) is 3.18. The van der Waals surface area contributed by atoms with Crippen LogP contribution in [-0.4, -0.2) is 105 Å². The molecule has 0 spiro atoms. The summed E-state index contributed by atoms with van der Waals surface area (Å²) in [6.07, 6.45) is 7.34. The highest BCUT2D eigenvalue weighted by Gasteiger charge is 2.43. The number of unbranched alkanes of at least 4 members (excludes halogenated alkanes) is 6. The summed E-state index contributed by atoms with van der Waals surface area (Å²) in [7, 11) is 3.22. The van der Waals surface area contributed by atoms with Crippen LogP contribution >= 0.6 is 0 Å². The number of hydrogen-bond donors (Lipinski definition) is 3. The number of carbonyl (C=O) groups is 7. The number of ether oxygens (including phenoxy) is 8. The Morgan fingerprint density at radius 2 is 1.12 bits per heavy atom. The number of carbonyl (C=O) groups excluding carboxylic acids is 6. The molecule has 452 valence electrons. The lowest BCUT2D eigenvalue weighted by molar-refractivity contribution is -0.246. The van der Waals surface area contributed by atoms with Crippen molar-refractivity contribution >= 4 is 47.0 Å². The fraction of sp³-hybridized carbons (Fsp3) is 0.523. The average Bonchev–Trinajstić information content (AvgIpc) is 2.13. The third-order valence-corrected chi connectivity index (χ3v) is 14.8. The van der Waals surface area contributed by atoms with E-state index in [1.165, 1.54) is 13.8 Å². The molecule has 0 saturated carbocycles. The maximum Gasteiger partial charge on any atom is 0.306 e. The number of methoxy groups -OCH3 is 2. The van der Waals surface area contributed by atoms with Gasteiger partial charge in [-0.2, -0.15) is 0 Å². The van der Waals surface area contributed by atoms with Gasteiger partial charge in [-0.25, -0.2) is 0 Å². The number of ketones is 2. The van der Waals surface area contributed by atoms with Gasteiger partial charge in [-0.15, -0.1) is 0 Å². The van der Waals surface area contributed by atoms with Gasteiger partial charge in [0, 0.05) is 58.2 Å². The topological polar surface area (TPSA) is 238 Å². The maximum atomic E-state index is 13.4. The van der Waals surface area contributed by atoms with Crippen molar-refractivity contribution in [2.24, 2.45) is 11.8 Å². The Hall–Kier alpha value is -6.99. The Balaban J connectivity index is 1.01. The molecule has 0 bridgehead atoms. The zero-order valence-electron chi connectivity index (χ0n) is 49.3. The molecule has 1 fully saturated rings. The molecule has 18 nitrogen and oxygen atoms in total. The van der Waals surface area contributed by atoms with Crippen molar-refractivity contribution in [1.82, 2.24) is 5.32 Å². The van der Waals surface area contributed by atoms with Crippen LogP contribution in [0.1, 0.15) is 158 Å². The van der Waals surface area contributed by atoms with Crippen LogP contribution in [0.25, 0.3) is 0 Å². The van der Waals surface area contributed by atoms with Crippen LogP contribution < -0.4 is 20.1 Å². The highest BCUT2D eigenvalue weighted by Crippen LogP contribution is 2.43. The molecule has 5 unspecified atom stereocenters. The van der Waals surface area contributed by atoms with Gasteiger partial charge < -0.3 is 53.6 Å². The summed E-state index contributed by atoms with van der Waals surface area (Å²) in [4.78, 5) is 85.4. The molecule has 2 amide bonds. The van der Waals surface area contributed by atoms with E-state index in [-0.39, 0.29) is 93.2 Å². The molecule has 0 aliphatic carbocycles. The van der Waals surface area contributed by atoms with Gasteiger partial charge in [0.25, 0.3) is 0 Å². The molecule has 83 heavy (non-hydrogen) atoms. The summed E-state index contributed by atoms with van der Waals surface area (Å²) >= 11 is 0. The predicted octanol–water partition coefficient (Wildman–Crippen LogP) is 10.8. The Morgan fingerprint density at radius 1 is 0.578 bits per heavy atom. The van der Waals surface area contributed by atoms with E-state index >= 15 is 0 Å². The zero-order valence-corrected chi connectivity index (χ0v) is 49.3. The van der Waals surface area contributed by atoms with Crippen molar-refractivity contribution < 1.29 is 76.6 Å². The van der Waals surface area contributed by atoms with Crippen LogP contribution in [0.3, 0.4) is 0 Å². The summed E-state index contributed by atoms with van der Waals surface area (Å²) < 4.78 is 46.6. The Bertz CT molecular complexity index is 2610. The lowest BCUT2D eigenvalue weighted by Crippen LogP contribution is -2.58. The van der Waals surface area contributed by atoms with Gasteiger partial charge in [-0.05, 0) is 114 Å². The van der Waals surface area contributed by atoms with Crippen molar-refractivity contribution in [3.63, 3.8) is 0 Å². The predicted molar refractivity (Wildman–Crippen MR) is 311 cm³/mol. The van der Waals surface area contributed by atoms with Gasteiger partial charge >= 0.3 is 17.9 Å². The number of benzene rings is 4. The second-order valence-electron chi connectivity index (χ2n) is 21.2. The minimum absolute atomic E-state index is 0.00451. The molecule has 3 N–H and O–H groups in total. The summed E-state index contributed by atoms with van der Waals surface area (Å²) in [6, 6.07) is 30.3. The van der Waals surface area contributed by atoms with Gasteiger partial charge in [-0.3, -0.25) is 33.6 Å². The van der Waals surface area contributed by atoms with E-state index in [2.05, 4.69) is 10.6 Å². The highest BCUT2D eigenvalue weighted by molar-refractivity contribution is 5.91. The number of esters is 2. The molecule has 1 aliphatic heterocycles. The molecule has 18 heteroatoms. The lowest BCUT2D eigenvalue weighted by Gasteiger charge is -2.44. The van der Waals surface area contributed by atoms with Crippen molar-refractivity contribution in [3.8, 4) is 11.5 Å². The zero-order chi connectivity index (χ0) is 60.0. The van der Waals surface area contributed by atoms with Gasteiger partial charge in [0.15, 0.2) is 6.29 Å². The number of anilines is 1. The van der Waals surface area contributed by atoms with E-state index in [1.54, 1.807) is 20.3 Å². The molecule has 1 heterocycles. The average molecular weight is 1150 g/mol. The molecule has 0 aromatic heterocycles. The Kier molecular flexibility index (Phi) is 28.9. The smallest absolute Gasteiger partial charge is 0.306 e. The van der Waals surface area contributed by atoms with E-state index in [0.717, 1.165) is 48.8 Å². The lowest BCUT2D eigenvalue weighted by atomic mass is 9.80. The van der Waals surface area contributed by atoms with E-state index in [0.29, 0.717) is 92.7 Å². The minimum atomic E-state index is -1.13. The number of carboxylic acid groups (broad SMARTS) is 1. The SMILES string of the molecule is COc1ccc(C(OCc2cc(COC(=O)CCC(=O)O)cc(NC(=O)CCCCCCCCC(=O)CCCCC(=O)CCCOCCOC3OC(COC(C)=O)C(C)C(C)C3NC(C)=O)c2)(c2ccccc2)c2ccc(OC)cc2)cc1. The molecular formula is C65H86N2O16. The molecule has 4 aromatic carbocycles. The normalized spacial score (nSPS) is 16.8. The molecule has 1 aliphatic rings. The second-order valence-corrected chi connectivity index (χ2v) is 21.2. The van der Waals surface area contributed by atoms with Crippen molar-refractivity contribution in [1.29, 1.82) is 0 Å². The maximum absolute atomic E-state index is 13.4. The number of nitrogens with one attached hydrogen (secondary N) is 2. The number of amides is 2. The third kappa shape index (κ3) is 22.9. The molecular weight excluding hydrogens is 1060 g/mol. The Labute approximate surface area is 488 Å². The molecule has 1 saturated heterocycles. The first kappa shape index (κ1) is 66.8. The van der Waals surface area contributed by atoms with Gasteiger partial charge in [0.05, 0.1) is 59.0 Å². The highest BCUT2D eigenvalue weighted by atomic mass is 16.7.